The van der Waals surface area contributed by atoms with Crippen molar-refractivity contribution in [3.05, 3.63) is 46.9 Å². The van der Waals surface area contributed by atoms with E-state index in [2.05, 4.69) is 10.9 Å². The molecule has 0 saturated carbocycles. The number of carbonyl (C=O) groups excluding carboxylic acids is 2. The Hall–Kier alpha value is -2.96. The van der Waals surface area contributed by atoms with Crippen LogP contribution >= 0.6 is 0 Å². The van der Waals surface area contributed by atoms with Crippen LogP contribution in [0.4, 0.5) is 0 Å². The lowest BCUT2D eigenvalue weighted by atomic mass is 10.0. The standard InChI is InChI=1S/C19H22N2O5/c1-11-8-14(12(2)25-11)18(23)21-20-16(22)10-24-15-7-5-6-13-9-19(3,4)26-17(13)15/h5-8H,9-10H2,1-4H3,(H,20,22)(H,21,23). The van der Waals surface area contributed by atoms with Crippen LogP contribution in [-0.2, 0) is 11.2 Å². The largest absolute Gasteiger partial charge is 0.483 e. The number of rotatable bonds is 4. The van der Waals surface area contributed by atoms with Crippen LogP contribution in [0, 0.1) is 13.8 Å². The fourth-order valence-corrected chi connectivity index (χ4v) is 2.93. The minimum absolute atomic E-state index is 0.246. The van der Waals surface area contributed by atoms with Gasteiger partial charge in [-0.3, -0.25) is 20.4 Å². The molecule has 0 saturated heterocycles. The van der Waals surface area contributed by atoms with Gasteiger partial charge >= 0.3 is 0 Å². The first kappa shape index (κ1) is 17.8. The number of hydrogen-bond acceptors (Lipinski definition) is 5. The van der Waals surface area contributed by atoms with Crippen molar-refractivity contribution in [1.82, 2.24) is 10.9 Å². The molecule has 0 unspecified atom stereocenters. The van der Waals surface area contributed by atoms with Gasteiger partial charge in [0.25, 0.3) is 11.8 Å². The number of furan rings is 1. The van der Waals surface area contributed by atoms with Gasteiger partial charge in [-0.1, -0.05) is 12.1 Å². The fourth-order valence-electron chi connectivity index (χ4n) is 2.93. The van der Waals surface area contributed by atoms with Crippen molar-refractivity contribution in [1.29, 1.82) is 0 Å². The van der Waals surface area contributed by atoms with Crippen LogP contribution in [-0.4, -0.2) is 24.0 Å². The minimum Gasteiger partial charge on any atom is -0.483 e. The van der Waals surface area contributed by atoms with E-state index in [4.69, 9.17) is 13.9 Å². The van der Waals surface area contributed by atoms with E-state index in [0.717, 1.165) is 12.0 Å². The predicted molar refractivity (Wildman–Crippen MR) is 94.1 cm³/mol. The van der Waals surface area contributed by atoms with Gasteiger partial charge in [-0.05, 0) is 39.8 Å². The Morgan fingerprint density at radius 2 is 2.00 bits per heavy atom. The number of nitrogens with one attached hydrogen (secondary N) is 2. The summed E-state index contributed by atoms with van der Waals surface area (Å²) in [6.07, 6.45) is 0.783. The average molecular weight is 358 g/mol. The van der Waals surface area contributed by atoms with Crippen molar-refractivity contribution < 1.29 is 23.5 Å². The highest BCUT2D eigenvalue weighted by Gasteiger charge is 2.32. The van der Waals surface area contributed by atoms with Crippen LogP contribution < -0.4 is 20.3 Å². The molecule has 2 aromatic rings. The molecule has 26 heavy (non-hydrogen) atoms. The lowest BCUT2D eigenvalue weighted by molar-refractivity contribution is -0.123. The zero-order valence-corrected chi connectivity index (χ0v) is 15.3. The van der Waals surface area contributed by atoms with E-state index < -0.39 is 11.8 Å². The molecule has 2 amide bonds. The average Bonchev–Trinajstić information content (AvgIpc) is 3.07. The van der Waals surface area contributed by atoms with E-state index in [0.29, 0.717) is 28.6 Å². The van der Waals surface area contributed by atoms with E-state index in [9.17, 15) is 9.59 Å². The fraction of sp³-hybridized carbons (Fsp3) is 0.368. The normalized spacial score (nSPS) is 14.3. The number of ether oxygens (including phenoxy) is 2. The van der Waals surface area contributed by atoms with Gasteiger partial charge in [0.1, 0.15) is 17.1 Å². The number of benzene rings is 1. The highest BCUT2D eigenvalue weighted by molar-refractivity contribution is 5.96. The van der Waals surface area contributed by atoms with E-state index in [1.165, 1.54) is 0 Å². The molecule has 1 aliphatic heterocycles. The van der Waals surface area contributed by atoms with Crippen LogP contribution in [0.1, 0.15) is 41.3 Å². The maximum Gasteiger partial charge on any atom is 0.276 e. The lowest BCUT2D eigenvalue weighted by Gasteiger charge is -2.18. The Labute approximate surface area is 151 Å². The van der Waals surface area contributed by atoms with Crippen LogP contribution in [0.2, 0.25) is 0 Å². The van der Waals surface area contributed by atoms with Crippen molar-refractivity contribution in [2.24, 2.45) is 0 Å². The maximum absolute atomic E-state index is 12.0. The van der Waals surface area contributed by atoms with Crippen molar-refractivity contribution in [3.63, 3.8) is 0 Å². The first-order chi connectivity index (χ1) is 12.2. The Bertz CT molecular complexity index is 854. The molecule has 3 rings (SSSR count). The van der Waals surface area contributed by atoms with E-state index in [-0.39, 0.29) is 12.2 Å². The summed E-state index contributed by atoms with van der Waals surface area (Å²) in [5.41, 5.74) is 5.80. The molecule has 138 valence electrons. The van der Waals surface area contributed by atoms with Crippen LogP contribution in [0.5, 0.6) is 11.5 Å². The third-order valence-electron chi connectivity index (χ3n) is 4.01. The van der Waals surface area contributed by atoms with E-state index in [1.807, 2.05) is 26.0 Å². The van der Waals surface area contributed by atoms with Gasteiger partial charge in [0.05, 0.1) is 5.56 Å². The number of amides is 2. The summed E-state index contributed by atoms with van der Waals surface area (Å²) < 4.78 is 16.8. The van der Waals surface area contributed by atoms with Crippen LogP contribution in [0.15, 0.2) is 28.7 Å². The van der Waals surface area contributed by atoms with Crippen LogP contribution in [0.3, 0.4) is 0 Å². The molecule has 1 aromatic carbocycles. The van der Waals surface area contributed by atoms with Crippen molar-refractivity contribution in [2.45, 2.75) is 39.7 Å². The summed E-state index contributed by atoms with van der Waals surface area (Å²) in [5, 5.41) is 0. The van der Waals surface area contributed by atoms with Gasteiger partial charge in [-0.15, -0.1) is 0 Å². The third-order valence-corrected chi connectivity index (χ3v) is 4.01. The zero-order chi connectivity index (χ0) is 18.9. The molecule has 0 aliphatic carbocycles. The number of carbonyl (C=O) groups is 2. The summed E-state index contributed by atoms with van der Waals surface area (Å²) >= 11 is 0. The Balaban J connectivity index is 1.54. The van der Waals surface area contributed by atoms with Gasteiger partial charge in [0, 0.05) is 12.0 Å². The summed E-state index contributed by atoms with van der Waals surface area (Å²) in [6, 6.07) is 7.21. The van der Waals surface area contributed by atoms with Crippen molar-refractivity contribution >= 4 is 11.8 Å². The van der Waals surface area contributed by atoms with Gasteiger partial charge in [-0.2, -0.15) is 0 Å². The summed E-state index contributed by atoms with van der Waals surface area (Å²) in [4.78, 5) is 24.0. The molecule has 0 spiro atoms. The summed E-state index contributed by atoms with van der Waals surface area (Å²) in [6.45, 7) is 7.18. The van der Waals surface area contributed by atoms with Gasteiger partial charge in [0.15, 0.2) is 18.1 Å². The second-order valence-electron chi connectivity index (χ2n) is 6.90. The first-order valence-corrected chi connectivity index (χ1v) is 8.35. The summed E-state index contributed by atoms with van der Waals surface area (Å²) in [7, 11) is 0. The molecule has 0 radical (unpaired) electrons. The molecule has 7 nitrogen and oxygen atoms in total. The number of para-hydroxylation sites is 1. The molecule has 0 atom stereocenters. The number of fused-ring (bicyclic) bond motifs is 1. The Morgan fingerprint density at radius 3 is 2.69 bits per heavy atom. The van der Waals surface area contributed by atoms with Crippen molar-refractivity contribution in [3.8, 4) is 11.5 Å². The zero-order valence-electron chi connectivity index (χ0n) is 15.3. The minimum atomic E-state index is -0.480. The quantitative estimate of drug-likeness (QED) is 0.820. The second kappa shape index (κ2) is 6.74. The monoisotopic (exact) mass is 358 g/mol. The molecular formula is C19H22N2O5. The smallest absolute Gasteiger partial charge is 0.276 e. The Morgan fingerprint density at radius 1 is 1.23 bits per heavy atom. The molecule has 2 N–H and O–H groups in total. The summed E-state index contributed by atoms with van der Waals surface area (Å²) in [5.74, 6) is 1.37. The van der Waals surface area contributed by atoms with Gasteiger partial charge in [-0.25, -0.2) is 0 Å². The third kappa shape index (κ3) is 3.82. The lowest BCUT2D eigenvalue weighted by Crippen LogP contribution is -2.43. The maximum atomic E-state index is 12.0. The van der Waals surface area contributed by atoms with E-state index in [1.54, 1.807) is 26.0 Å². The number of hydrazine groups is 1. The predicted octanol–water partition coefficient (Wildman–Crippen LogP) is 2.45. The van der Waals surface area contributed by atoms with Gasteiger partial charge < -0.3 is 13.9 Å². The Kier molecular flexibility index (Phi) is 4.63. The molecule has 0 fully saturated rings. The second-order valence-corrected chi connectivity index (χ2v) is 6.90. The number of aryl methyl sites for hydroxylation is 2. The highest BCUT2D eigenvalue weighted by atomic mass is 16.5. The van der Waals surface area contributed by atoms with Crippen molar-refractivity contribution in [2.75, 3.05) is 6.61 Å². The molecule has 0 bridgehead atoms. The van der Waals surface area contributed by atoms with Gasteiger partial charge in [0.2, 0.25) is 0 Å². The molecular weight excluding hydrogens is 336 g/mol. The topological polar surface area (TPSA) is 89.8 Å². The molecule has 7 heteroatoms. The molecule has 1 aliphatic rings. The molecule has 2 heterocycles. The SMILES string of the molecule is Cc1cc(C(=O)NNC(=O)COc2cccc3c2OC(C)(C)C3)c(C)o1. The first-order valence-electron chi connectivity index (χ1n) is 8.35. The van der Waals surface area contributed by atoms with Crippen LogP contribution in [0.25, 0.3) is 0 Å². The molecule has 1 aromatic heterocycles. The van der Waals surface area contributed by atoms with E-state index >= 15 is 0 Å². The number of hydrogen-bond donors (Lipinski definition) is 2. The highest BCUT2D eigenvalue weighted by Crippen LogP contribution is 2.41.